The van der Waals surface area contributed by atoms with Crippen molar-refractivity contribution in [1.29, 1.82) is 0 Å². The third-order valence-electron chi connectivity index (χ3n) is 3.39. The summed E-state index contributed by atoms with van der Waals surface area (Å²) in [5.41, 5.74) is 4.08. The predicted molar refractivity (Wildman–Crippen MR) is 81.2 cm³/mol. The largest absolute Gasteiger partial charge is 0.307 e. The molecule has 0 saturated heterocycles. The van der Waals surface area contributed by atoms with Crippen molar-refractivity contribution in [3.05, 3.63) is 71.8 Å². The molecular weight excluding hydrogens is 262 g/mol. The van der Waals surface area contributed by atoms with Gasteiger partial charge in [0.1, 0.15) is 0 Å². The van der Waals surface area contributed by atoms with Crippen LogP contribution >= 0.6 is 0 Å². The highest BCUT2D eigenvalue weighted by molar-refractivity contribution is 5.34. The number of benzene rings is 1. The summed E-state index contributed by atoms with van der Waals surface area (Å²) in [6.07, 6.45) is 3.60. The fourth-order valence-electron chi connectivity index (χ4n) is 2.37. The summed E-state index contributed by atoms with van der Waals surface area (Å²) in [6, 6.07) is 14.0. The van der Waals surface area contributed by atoms with Crippen LogP contribution in [0.1, 0.15) is 23.0 Å². The Morgan fingerprint density at radius 1 is 1.14 bits per heavy atom. The first-order valence-electron chi connectivity index (χ1n) is 6.85. The number of nitrogens with zero attached hydrogens (tertiary/aromatic N) is 4. The lowest BCUT2D eigenvalue weighted by Crippen LogP contribution is -2.22. The van der Waals surface area contributed by atoms with E-state index in [-0.39, 0.29) is 6.04 Å². The second-order valence-corrected chi connectivity index (χ2v) is 4.89. The molecule has 5 nitrogen and oxygen atoms in total. The maximum atomic E-state index is 4.47. The van der Waals surface area contributed by atoms with Gasteiger partial charge in [0.25, 0.3) is 0 Å². The normalized spacial score (nSPS) is 12.3. The zero-order chi connectivity index (χ0) is 14.7. The average molecular weight is 279 g/mol. The van der Waals surface area contributed by atoms with E-state index in [4.69, 9.17) is 0 Å². The van der Waals surface area contributed by atoms with Crippen LogP contribution in [-0.4, -0.2) is 27.0 Å². The van der Waals surface area contributed by atoms with Gasteiger partial charge in [0.15, 0.2) is 0 Å². The molecule has 2 aromatic heterocycles. The number of para-hydroxylation sites is 1. The van der Waals surface area contributed by atoms with Crippen LogP contribution in [0.5, 0.6) is 0 Å². The number of aryl methyl sites for hydroxylation is 1. The molecule has 0 radical (unpaired) electrons. The summed E-state index contributed by atoms with van der Waals surface area (Å²) in [5.74, 6) is 0. The number of aromatic nitrogens is 4. The summed E-state index contributed by atoms with van der Waals surface area (Å²) < 4.78 is 1.84. The zero-order valence-electron chi connectivity index (χ0n) is 12.1. The molecule has 1 atom stereocenters. The van der Waals surface area contributed by atoms with Gasteiger partial charge in [-0.1, -0.05) is 23.4 Å². The van der Waals surface area contributed by atoms with E-state index in [2.05, 4.69) is 33.6 Å². The van der Waals surface area contributed by atoms with E-state index < -0.39 is 0 Å². The molecule has 0 amide bonds. The summed E-state index contributed by atoms with van der Waals surface area (Å²) in [7, 11) is 1.91. The van der Waals surface area contributed by atoms with Crippen LogP contribution in [-0.2, 0) is 0 Å². The highest BCUT2D eigenvalue weighted by Gasteiger charge is 2.19. The molecule has 106 valence electrons. The Balaban J connectivity index is 2.05. The Kier molecular flexibility index (Phi) is 3.75. The first kappa shape index (κ1) is 13.5. The molecule has 0 aliphatic rings. The maximum absolute atomic E-state index is 4.47. The number of rotatable bonds is 4. The number of hydrogen-bond donors (Lipinski definition) is 1. The summed E-state index contributed by atoms with van der Waals surface area (Å²) in [5, 5.41) is 11.6. The average Bonchev–Trinajstić information content (AvgIpc) is 2.98. The fourth-order valence-corrected chi connectivity index (χ4v) is 2.37. The van der Waals surface area contributed by atoms with Gasteiger partial charge in [-0.05, 0) is 43.8 Å². The minimum absolute atomic E-state index is 0.0555. The predicted octanol–water partition coefficient (Wildman–Crippen LogP) is 2.28. The lowest BCUT2D eigenvalue weighted by atomic mass is 10.1. The topological polar surface area (TPSA) is 55.6 Å². The Morgan fingerprint density at radius 3 is 2.67 bits per heavy atom. The number of pyridine rings is 1. The summed E-state index contributed by atoms with van der Waals surface area (Å²) in [6.45, 7) is 2.06. The van der Waals surface area contributed by atoms with Gasteiger partial charge in [0, 0.05) is 6.20 Å². The minimum atomic E-state index is -0.0555. The van der Waals surface area contributed by atoms with Crippen LogP contribution < -0.4 is 5.32 Å². The van der Waals surface area contributed by atoms with Crippen molar-refractivity contribution >= 4 is 0 Å². The third kappa shape index (κ3) is 2.68. The second kappa shape index (κ2) is 5.85. The molecule has 1 N–H and O–H groups in total. The molecule has 0 aliphatic heterocycles. The third-order valence-corrected chi connectivity index (χ3v) is 3.39. The van der Waals surface area contributed by atoms with Crippen LogP contribution in [0.15, 0.2) is 54.9 Å². The SMILES string of the molecule is CNC(c1cc(C)ccn1)c1cnnn1-c1ccccc1. The van der Waals surface area contributed by atoms with Gasteiger partial charge in [-0.25, -0.2) is 4.68 Å². The molecule has 5 heteroatoms. The molecule has 0 bridgehead atoms. The Bertz CT molecular complexity index is 720. The molecule has 21 heavy (non-hydrogen) atoms. The second-order valence-electron chi connectivity index (χ2n) is 4.89. The Hall–Kier alpha value is -2.53. The molecule has 0 fully saturated rings. The molecule has 0 spiro atoms. The van der Waals surface area contributed by atoms with Crippen molar-refractivity contribution in [2.24, 2.45) is 0 Å². The van der Waals surface area contributed by atoms with Crippen molar-refractivity contribution in [3.8, 4) is 5.69 Å². The monoisotopic (exact) mass is 279 g/mol. The van der Waals surface area contributed by atoms with Crippen molar-refractivity contribution < 1.29 is 0 Å². The van der Waals surface area contributed by atoms with Gasteiger partial charge >= 0.3 is 0 Å². The van der Waals surface area contributed by atoms with Crippen LogP contribution in [0.2, 0.25) is 0 Å². The number of nitrogens with one attached hydrogen (secondary N) is 1. The molecule has 1 aromatic carbocycles. The van der Waals surface area contributed by atoms with E-state index in [0.717, 1.165) is 17.1 Å². The molecule has 0 saturated carbocycles. The van der Waals surface area contributed by atoms with E-state index >= 15 is 0 Å². The van der Waals surface area contributed by atoms with Crippen molar-refractivity contribution in [1.82, 2.24) is 25.3 Å². The molecule has 2 heterocycles. The van der Waals surface area contributed by atoms with Crippen molar-refractivity contribution in [3.63, 3.8) is 0 Å². The molecule has 3 rings (SSSR count). The van der Waals surface area contributed by atoms with Crippen molar-refractivity contribution in [2.75, 3.05) is 7.05 Å². The molecule has 1 unspecified atom stereocenters. The van der Waals surface area contributed by atoms with E-state index in [1.807, 2.05) is 54.3 Å². The zero-order valence-corrected chi connectivity index (χ0v) is 12.1. The van der Waals surface area contributed by atoms with E-state index in [9.17, 15) is 0 Å². The van der Waals surface area contributed by atoms with E-state index in [0.29, 0.717) is 0 Å². The lowest BCUT2D eigenvalue weighted by Gasteiger charge is -2.17. The first-order valence-corrected chi connectivity index (χ1v) is 6.85. The molecular formula is C16H17N5. The Morgan fingerprint density at radius 2 is 1.95 bits per heavy atom. The smallest absolute Gasteiger partial charge is 0.0940 e. The van der Waals surface area contributed by atoms with Crippen LogP contribution in [0, 0.1) is 6.92 Å². The van der Waals surface area contributed by atoms with Gasteiger partial charge in [-0.2, -0.15) is 0 Å². The van der Waals surface area contributed by atoms with E-state index in [1.165, 1.54) is 5.56 Å². The van der Waals surface area contributed by atoms with E-state index in [1.54, 1.807) is 6.20 Å². The molecule has 3 aromatic rings. The molecule has 0 aliphatic carbocycles. The number of hydrogen-bond acceptors (Lipinski definition) is 4. The first-order chi connectivity index (χ1) is 10.3. The lowest BCUT2D eigenvalue weighted by molar-refractivity contribution is 0.619. The quantitative estimate of drug-likeness (QED) is 0.796. The fraction of sp³-hybridized carbons (Fsp3) is 0.188. The van der Waals surface area contributed by atoms with Crippen LogP contribution in [0.4, 0.5) is 0 Å². The van der Waals surface area contributed by atoms with Gasteiger partial charge in [-0.15, -0.1) is 5.10 Å². The minimum Gasteiger partial charge on any atom is -0.307 e. The Labute approximate surface area is 123 Å². The summed E-state index contributed by atoms with van der Waals surface area (Å²) >= 11 is 0. The van der Waals surface area contributed by atoms with Crippen LogP contribution in [0.25, 0.3) is 5.69 Å². The highest BCUT2D eigenvalue weighted by atomic mass is 15.4. The van der Waals surface area contributed by atoms with Gasteiger partial charge < -0.3 is 5.32 Å². The maximum Gasteiger partial charge on any atom is 0.0940 e. The standard InChI is InChI=1S/C16H17N5/c1-12-8-9-18-14(10-12)16(17-2)15-11-19-20-21(15)13-6-4-3-5-7-13/h3-11,16-17H,1-2H3. The highest BCUT2D eigenvalue weighted by Crippen LogP contribution is 2.22. The summed E-state index contributed by atoms with van der Waals surface area (Å²) in [4.78, 5) is 4.47. The van der Waals surface area contributed by atoms with Gasteiger partial charge in [0.2, 0.25) is 0 Å². The van der Waals surface area contributed by atoms with Crippen molar-refractivity contribution in [2.45, 2.75) is 13.0 Å². The van der Waals surface area contributed by atoms with Gasteiger partial charge in [-0.3, -0.25) is 4.98 Å². The van der Waals surface area contributed by atoms with Crippen LogP contribution in [0.3, 0.4) is 0 Å². The van der Waals surface area contributed by atoms with Gasteiger partial charge in [0.05, 0.1) is 29.3 Å².